The Morgan fingerprint density at radius 3 is 2.80 bits per heavy atom. The lowest BCUT2D eigenvalue weighted by Crippen LogP contribution is -2.53. The van der Waals surface area contributed by atoms with E-state index >= 15 is 0 Å². The van der Waals surface area contributed by atoms with Crippen LogP contribution in [0.15, 0.2) is 42.5 Å². The lowest BCUT2D eigenvalue weighted by atomic mass is 10.0. The van der Waals surface area contributed by atoms with Crippen molar-refractivity contribution in [3.63, 3.8) is 0 Å². The van der Waals surface area contributed by atoms with Crippen LogP contribution in [0.4, 0.5) is 10.3 Å². The minimum atomic E-state index is -0.673. The molecule has 2 heterocycles. The smallest absolute Gasteiger partial charge is 0.254 e. The van der Waals surface area contributed by atoms with Crippen molar-refractivity contribution < 1.29 is 19.4 Å². The Balaban J connectivity index is 1.59. The summed E-state index contributed by atoms with van der Waals surface area (Å²) in [6, 6.07) is 11.8. The Morgan fingerprint density at radius 1 is 1.23 bits per heavy atom. The number of anilines is 1. The number of amides is 1. The number of nitrogens with one attached hydrogen (secondary N) is 1. The highest BCUT2D eigenvalue weighted by atomic mass is 19.1. The summed E-state index contributed by atoms with van der Waals surface area (Å²) in [5.74, 6) is -0.427. The van der Waals surface area contributed by atoms with E-state index in [-0.39, 0.29) is 18.2 Å². The van der Waals surface area contributed by atoms with E-state index in [9.17, 15) is 19.4 Å². The number of imidazole rings is 1. The Kier molecular flexibility index (Phi) is 5.69. The maximum atomic E-state index is 14.2. The summed E-state index contributed by atoms with van der Waals surface area (Å²) in [4.78, 5) is 19.3. The van der Waals surface area contributed by atoms with Gasteiger partial charge in [-0.2, -0.15) is 0 Å². The molecule has 0 spiro atoms. The van der Waals surface area contributed by atoms with Gasteiger partial charge in [0.15, 0.2) is 0 Å². The van der Waals surface area contributed by atoms with E-state index in [2.05, 4.69) is 10.3 Å². The van der Waals surface area contributed by atoms with Gasteiger partial charge in [-0.05, 0) is 37.1 Å². The average molecular weight is 412 g/mol. The van der Waals surface area contributed by atoms with Crippen molar-refractivity contribution in [2.75, 3.05) is 24.6 Å². The minimum absolute atomic E-state index is 0.0247. The van der Waals surface area contributed by atoms with Crippen LogP contribution in [0, 0.1) is 12.7 Å². The van der Waals surface area contributed by atoms with Gasteiger partial charge in [-0.3, -0.25) is 4.79 Å². The molecule has 1 saturated heterocycles. The van der Waals surface area contributed by atoms with Crippen LogP contribution in [0.25, 0.3) is 11.0 Å². The van der Waals surface area contributed by atoms with E-state index < -0.39 is 17.8 Å². The molecule has 0 bridgehead atoms. The number of rotatable bonds is 5. The highest BCUT2D eigenvalue weighted by molar-refractivity contribution is 5.96. The van der Waals surface area contributed by atoms with Gasteiger partial charge in [-0.1, -0.05) is 24.3 Å². The topological polar surface area (TPSA) is 90.6 Å². The Bertz CT molecular complexity index is 1050. The molecular weight excluding hydrogens is 387 g/mol. The monoisotopic (exact) mass is 412 g/mol. The summed E-state index contributed by atoms with van der Waals surface area (Å²) in [5.41, 5.74) is 2.27. The number of fused-ring (bicyclic) bond motifs is 1. The summed E-state index contributed by atoms with van der Waals surface area (Å²) in [7, 11) is 0. The molecule has 0 aliphatic carbocycles. The van der Waals surface area contributed by atoms with E-state index in [1.54, 1.807) is 19.1 Å². The van der Waals surface area contributed by atoms with Gasteiger partial charge >= 0.3 is 0 Å². The largest absolute Gasteiger partial charge is 0.395 e. The molecule has 0 radical (unpaired) electrons. The maximum Gasteiger partial charge on any atom is 0.254 e. The number of nitrogens with zero attached hydrogens (tertiary/aromatic N) is 3. The fraction of sp³-hybridized carbons (Fsp3) is 0.364. The SMILES string of the molecule is Cc1cccc(F)c1C(=O)N[C@H]1C[C@@H](O)CN(c2nc3ccccc3n2CCO)C1. The zero-order valence-corrected chi connectivity index (χ0v) is 16.8. The van der Waals surface area contributed by atoms with Crippen molar-refractivity contribution in [2.24, 2.45) is 0 Å². The molecule has 1 aliphatic heterocycles. The number of benzene rings is 2. The van der Waals surface area contributed by atoms with Gasteiger partial charge in [-0.25, -0.2) is 9.37 Å². The molecule has 0 saturated carbocycles. The number of β-amino-alcohol motifs (C(OH)–C–C–N with tert-alkyl or cyclic N) is 1. The van der Waals surface area contributed by atoms with Crippen LogP contribution < -0.4 is 10.2 Å². The lowest BCUT2D eigenvalue weighted by molar-refractivity contribution is 0.0889. The van der Waals surface area contributed by atoms with Crippen LogP contribution >= 0.6 is 0 Å². The summed E-state index contributed by atoms with van der Waals surface area (Å²) < 4.78 is 16.1. The molecule has 4 rings (SSSR count). The molecule has 2 atom stereocenters. The molecule has 1 aliphatic rings. The van der Waals surface area contributed by atoms with Crippen LogP contribution in [-0.2, 0) is 6.54 Å². The van der Waals surface area contributed by atoms with Gasteiger partial charge in [0.05, 0.1) is 29.3 Å². The number of piperidine rings is 1. The molecule has 0 unspecified atom stereocenters. The first kappa shape index (κ1) is 20.3. The summed E-state index contributed by atoms with van der Waals surface area (Å²) in [5, 5.41) is 22.8. The molecule has 2 aromatic carbocycles. The molecule has 30 heavy (non-hydrogen) atoms. The van der Waals surface area contributed by atoms with Gasteiger partial charge in [-0.15, -0.1) is 0 Å². The third-order valence-electron chi connectivity index (χ3n) is 5.45. The lowest BCUT2D eigenvalue weighted by Gasteiger charge is -2.36. The molecule has 1 fully saturated rings. The molecule has 158 valence electrons. The Morgan fingerprint density at radius 2 is 2.03 bits per heavy atom. The fourth-order valence-electron chi connectivity index (χ4n) is 4.14. The number of hydrogen-bond acceptors (Lipinski definition) is 5. The fourth-order valence-corrected chi connectivity index (χ4v) is 4.14. The van der Waals surface area contributed by atoms with E-state index in [0.717, 1.165) is 11.0 Å². The molecule has 8 heteroatoms. The second-order valence-electron chi connectivity index (χ2n) is 7.67. The minimum Gasteiger partial charge on any atom is -0.395 e. The highest BCUT2D eigenvalue weighted by Crippen LogP contribution is 2.25. The van der Waals surface area contributed by atoms with Gasteiger partial charge in [0, 0.05) is 25.7 Å². The zero-order valence-electron chi connectivity index (χ0n) is 16.8. The summed E-state index contributed by atoms with van der Waals surface area (Å²) in [6.07, 6.45) is -0.302. The number of aliphatic hydroxyl groups is 2. The van der Waals surface area contributed by atoms with Crippen LogP contribution in [0.3, 0.4) is 0 Å². The van der Waals surface area contributed by atoms with E-state index in [1.807, 2.05) is 33.7 Å². The molecular formula is C22H25FN4O3. The first-order chi connectivity index (χ1) is 14.5. The predicted octanol–water partition coefficient (Wildman–Crippen LogP) is 1.85. The molecule has 1 aromatic heterocycles. The van der Waals surface area contributed by atoms with Crippen molar-refractivity contribution in [3.8, 4) is 0 Å². The number of carbonyl (C=O) groups is 1. The number of para-hydroxylation sites is 2. The number of hydrogen-bond donors (Lipinski definition) is 3. The van der Waals surface area contributed by atoms with Crippen molar-refractivity contribution in [2.45, 2.75) is 32.0 Å². The summed E-state index contributed by atoms with van der Waals surface area (Å²) in [6.45, 7) is 2.80. The second-order valence-corrected chi connectivity index (χ2v) is 7.67. The van der Waals surface area contributed by atoms with Crippen LogP contribution in [0.1, 0.15) is 22.3 Å². The van der Waals surface area contributed by atoms with Gasteiger partial charge in [0.25, 0.3) is 5.91 Å². The first-order valence-electron chi connectivity index (χ1n) is 10.0. The molecule has 7 nitrogen and oxygen atoms in total. The van der Waals surface area contributed by atoms with Crippen molar-refractivity contribution in [3.05, 3.63) is 59.4 Å². The third kappa shape index (κ3) is 3.88. The molecule has 1 amide bonds. The van der Waals surface area contributed by atoms with Crippen molar-refractivity contribution in [1.82, 2.24) is 14.9 Å². The highest BCUT2D eigenvalue weighted by Gasteiger charge is 2.31. The van der Waals surface area contributed by atoms with Gasteiger partial charge < -0.3 is 25.0 Å². The van der Waals surface area contributed by atoms with Gasteiger partial charge in [0.2, 0.25) is 5.95 Å². The van der Waals surface area contributed by atoms with Crippen molar-refractivity contribution >= 4 is 22.9 Å². The second kappa shape index (κ2) is 8.41. The van der Waals surface area contributed by atoms with E-state index in [4.69, 9.17) is 0 Å². The quantitative estimate of drug-likeness (QED) is 0.595. The molecule has 3 N–H and O–H groups in total. The van der Waals surface area contributed by atoms with E-state index in [1.165, 1.54) is 6.07 Å². The van der Waals surface area contributed by atoms with Crippen molar-refractivity contribution in [1.29, 1.82) is 0 Å². The standard InChI is InChI=1S/C22H25FN4O3/c1-14-5-4-6-17(23)20(14)21(30)24-15-11-16(29)13-26(12-15)22-25-18-7-2-3-8-19(18)27(22)9-10-28/h2-8,15-16,28-29H,9-13H2,1H3,(H,24,30)/t15-,16+/m0/s1. The van der Waals surface area contributed by atoms with Gasteiger partial charge in [0.1, 0.15) is 5.82 Å². The predicted molar refractivity (Wildman–Crippen MR) is 112 cm³/mol. The Labute approximate surface area is 173 Å². The third-order valence-corrected chi connectivity index (χ3v) is 5.45. The van der Waals surface area contributed by atoms with Crippen LogP contribution in [-0.4, -0.2) is 57.5 Å². The maximum absolute atomic E-state index is 14.2. The molecule has 3 aromatic rings. The zero-order chi connectivity index (χ0) is 21.3. The van der Waals surface area contributed by atoms with Crippen LogP contribution in [0.2, 0.25) is 0 Å². The number of aliphatic hydroxyl groups excluding tert-OH is 2. The first-order valence-corrected chi connectivity index (χ1v) is 10.0. The number of aryl methyl sites for hydroxylation is 1. The Hall–Kier alpha value is -2.97. The average Bonchev–Trinajstić information content (AvgIpc) is 3.06. The number of carbonyl (C=O) groups excluding carboxylic acids is 1. The van der Waals surface area contributed by atoms with Crippen LogP contribution in [0.5, 0.6) is 0 Å². The van der Waals surface area contributed by atoms with E-state index in [0.29, 0.717) is 37.6 Å². The summed E-state index contributed by atoms with van der Waals surface area (Å²) >= 11 is 0. The number of aromatic nitrogens is 2. The number of halogens is 1. The normalized spacial score (nSPS) is 19.3.